The van der Waals surface area contributed by atoms with Crippen LogP contribution in [0.5, 0.6) is 0 Å². The highest BCUT2D eigenvalue weighted by Gasteiger charge is 2.42. The van der Waals surface area contributed by atoms with Crippen molar-refractivity contribution in [2.75, 3.05) is 39.4 Å². The van der Waals surface area contributed by atoms with Gasteiger partial charge in [0.2, 0.25) is 0 Å². The normalized spacial score (nSPS) is 23.4. The molecule has 0 bridgehead atoms. The van der Waals surface area contributed by atoms with E-state index in [1.54, 1.807) is 0 Å². The summed E-state index contributed by atoms with van der Waals surface area (Å²) in [4.78, 5) is 7.59. The van der Waals surface area contributed by atoms with Gasteiger partial charge in [-0.2, -0.15) is 0 Å². The van der Waals surface area contributed by atoms with Gasteiger partial charge in [-0.3, -0.25) is 0 Å². The highest BCUT2D eigenvalue weighted by molar-refractivity contribution is 5.59. The second-order valence-electron chi connectivity index (χ2n) is 8.35. The Morgan fingerprint density at radius 1 is 1.07 bits per heavy atom. The summed E-state index contributed by atoms with van der Waals surface area (Å²) in [6, 6.07) is 10.7. The molecule has 1 aromatic heterocycles. The molecule has 2 aromatic rings. The molecule has 3 aliphatic rings. The number of likely N-dealkylation sites (tertiary alicyclic amines) is 1. The number of fused-ring (bicyclic) bond motifs is 2. The lowest BCUT2D eigenvalue weighted by molar-refractivity contribution is 0.0395. The van der Waals surface area contributed by atoms with E-state index in [0.717, 1.165) is 58.2 Å². The minimum absolute atomic E-state index is 0.0530. The molecule has 5 nitrogen and oxygen atoms in total. The third-order valence-electron chi connectivity index (χ3n) is 6.72. The Balaban J connectivity index is 1.32. The average molecular weight is 367 g/mol. The van der Waals surface area contributed by atoms with Crippen LogP contribution in [0.2, 0.25) is 0 Å². The van der Waals surface area contributed by atoms with E-state index in [1.807, 2.05) is 0 Å². The van der Waals surface area contributed by atoms with Crippen LogP contribution in [0.4, 0.5) is 0 Å². The Morgan fingerprint density at radius 2 is 1.85 bits per heavy atom. The van der Waals surface area contributed by atoms with E-state index in [0.29, 0.717) is 0 Å². The van der Waals surface area contributed by atoms with Gasteiger partial charge in [0.05, 0.1) is 17.4 Å². The molecular formula is C22H30N4O. The number of benzene rings is 1. The number of hydrogen-bond donors (Lipinski definition) is 1. The summed E-state index contributed by atoms with van der Waals surface area (Å²) < 4.78 is 7.98. The van der Waals surface area contributed by atoms with Gasteiger partial charge in [0, 0.05) is 45.9 Å². The highest BCUT2D eigenvalue weighted by Crippen LogP contribution is 2.37. The molecule has 5 rings (SSSR count). The van der Waals surface area contributed by atoms with Crippen molar-refractivity contribution in [2.24, 2.45) is 5.92 Å². The van der Waals surface area contributed by atoms with Crippen molar-refractivity contribution in [2.45, 2.75) is 37.8 Å². The highest BCUT2D eigenvalue weighted by atomic mass is 16.5. The first kappa shape index (κ1) is 17.4. The van der Waals surface area contributed by atoms with Crippen LogP contribution in [-0.2, 0) is 16.8 Å². The molecule has 1 aromatic carbocycles. The van der Waals surface area contributed by atoms with Crippen LogP contribution >= 0.6 is 0 Å². The minimum Gasteiger partial charge on any atom is -0.381 e. The Morgan fingerprint density at radius 3 is 2.63 bits per heavy atom. The predicted molar refractivity (Wildman–Crippen MR) is 107 cm³/mol. The van der Waals surface area contributed by atoms with Gasteiger partial charge < -0.3 is 19.5 Å². The van der Waals surface area contributed by atoms with E-state index in [2.05, 4.69) is 51.3 Å². The van der Waals surface area contributed by atoms with Crippen molar-refractivity contribution >= 4 is 0 Å². The molecule has 1 spiro atoms. The fraction of sp³-hybridized carbons (Fsp3) is 0.591. The molecule has 144 valence electrons. The van der Waals surface area contributed by atoms with Gasteiger partial charge in [0.15, 0.2) is 0 Å². The standard InChI is InChI=1S/C22H30N4O/c1-2-4-19(5-3-1)20-16-23-21-22(24-10-13-26(20)21)8-11-25(12-9-22)17-18-6-14-27-15-7-18/h1-5,16,18,24H,6-15,17H2. The van der Waals surface area contributed by atoms with Crippen LogP contribution in [0.1, 0.15) is 31.5 Å². The van der Waals surface area contributed by atoms with Gasteiger partial charge in [0.1, 0.15) is 5.82 Å². The van der Waals surface area contributed by atoms with E-state index in [1.165, 1.54) is 36.5 Å². The first-order valence-electron chi connectivity index (χ1n) is 10.5. The van der Waals surface area contributed by atoms with Gasteiger partial charge in [0.25, 0.3) is 0 Å². The van der Waals surface area contributed by atoms with Gasteiger partial charge in [-0.1, -0.05) is 30.3 Å². The number of ether oxygens (including phenoxy) is 1. The molecular weight excluding hydrogens is 336 g/mol. The summed E-state index contributed by atoms with van der Waals surface area (Å²) in [6.45, 7) is 7.50. The molecule has 0 atom stereocenters. The second-order valence-corrected chi connectivity index (χ2v) is 8.35. The van der Waals surface area contributed by atoms with E-state index in [4.69, 9.17) is 9.72 Å². The molecule has 0 unspecified atom stereocenters. The number of rotatable bonds is 3. The number of imidazole rings is 1. The van der Waals surface area contributed by atoms with Gasteiger partial charge in [-0.25, -0.2) is 4.98 Å². The Bertz CT molecular complexity index is 758. The molecule has 1 N–H and O–H groups in total. The maximum atomic E-state index is 5.52. The van der Waals surface area contributed by atoms with Crippen molar-refractivity contribution < 1.29 is 4.74 Å². The van der Waals surface area contributed by atoms with Crippen molar-refractivity contribution in [3.8, 4) is 11.3 Å². The molecule has 0 radical (unpaired) electrons. The second kappa shape index (κ2) is 7.38. The minimum atomic E-state index is 0.0530. The largest absolute Gasteiger partial charge is 0.381 e. The fourth-order valence-corrected chi connectivity index (χ4v) is 5.12. The SMILES string of the molecule is c1ccc(-c2cnc3n2CCNC32CCN(CC3CCOCC3)CC2)cc1. The van der Waals surface area contributed by atoms with E-state index in [-0.39, 0.29) is 5.54 Å². The molecule has 4 heterocycles. The third kappa shape index (κ3) is 3.33. The monoisotopic (exact) mass is 366 g/mol. The van der Waals surface area contributed by atoms with Gasteiger partial charge in [-0.15, -0.1) is 0 Å². The number of nitrogens with one attached hydrogen (secondary N) is 1. The summed E-state index contributed by atoms with van der Waals surface area (Å²) in [5.74, 6) is 2.07. The summed E-state index contributed by atoms with van der Waals surface area (Å²) in [7, 11) is 0. The average Bonchev–Trinajstić information content (AvgIpc) is 3.17. The number of piperidine rings is 1. The zero-order valence-corrected chi connectivity index (χ0v) is 16.1. The Hall–Kier alpha value is -1.69. The first-order valence-corrected chi connectivity index (χ1v) is 10.5. The lowest BCUT2D eigenvalue weighted by atomic mass is 9.84. The molecule has 0 amide bonds. The number of hydrogen-bond acceptors (Lipinski definition) is 4. The summed E-state index contributed by atoms with van der Waals surface area (Å²) in [6.07, 6.45) is 6.84. The molecule has 0 saturated carbocycles. The van der Waals surface area contributed by atoms with Crippen LogP contribution in [0.25, 0.3) is 11.3 Å². The quantitative estimate of drug-likeness (QED) is 0.907. The molecule has 27 heavy (non-hydrogen) atoms. The summed E-state index contributed by atoms with van der Waals surface area (Å²) >= 11 is 0. The smallest absolute Gasteiger partial charge is 0.129 e. The lowest BCUT2D eigenvalue weighted by Gasteiger charge is -2.45. The Kier molecular flexibility index (Phi) is 4.76. The van der Waals surface area contributed by atoms with Gasteiger partial charge in [-0.05, 0) is 37.2 Å². The zero-order valence-electron chi connectivity index (χ0n) is 16.1. The van der Waals surface area contributed by atoms with E-state index in [9.17, 15) is 0 Å². The molecule has 5 heteroatoms. The summed E-state index contributed by atoms with van der Waals surface area (Å²) in [5.41, 5.74) is 2.58. The van der Waals surface area contributed by atoms with Crippen LogP contribution < -0.4 is 5.32 Å². The van der Waals surface area contributed by atoms with Crippen LogP contribution in [0.15, 0.2) is 36.5 Å². The summed E-state index contributed by atoms with van der Waals surface area (Å²) in [5, 5.41) is 3.85. The van der Waals surface area contributed by atoms with E-state index >= 15 is 0 Å². The maximum absolute atomic E-state index is 5.52. The van der Waals surface area contributed by atoms with Crippen molar-refractivity contribution in [1.82, 2.24) is 19.8 Å². The van der Waals surface area contributed by atoms with Crippen molar-refractivity contribution in [1.29, 1.82) is 0 Å². The van der Waals surface area contributed by atoms with Crippen LogP contribution in [0.3, 0.4) is 0 Å². The van der Waals surface area contributed by atoms with Crippen LogP contribution in [0, 0.1) is 5.92 Å². The van der Waals surface area contributed by atoms with Gasteiger partial charge >= 0.3 is 0 Å². The fourth-order valence-electron chi connectivity index (χ4n) is 5.12. The first-order chi connectivity index (χ1) is 13.3. The molecule has 0 aliphatic carbocycles. The van der Waals surface area contributed by atoms with Crippen LogP contribution in [-0.4, -0.2) is 53.8 Å². The lowest BCUT2D eigenvalue weighted by Crippen LogP contribution is -2.56. The van der Waals surface area contributed by atoms with Crippen molar-refractivity contribution in [3.05, 3.63) is 42.4 Å². The topological polar surface area (TPSA) is 42.3 Å². The Labute approximate surface area is 161 Å². The zero-order chi connectivity index (χ0) is 18.1. The predicted octanol–water partition coefficient (Wildman–Crippen LogP) is 2.87. The molecule has 2 saturated heterocycles. The molecule has 2 fully saturated rings. The van der Waals surface area contributed by atoms with Crippen molar-refractivity contribution in [3.63, 3.8) is 0 Å². The third-order valence-corrected chi connectivity index (χ3v) is 6.72. The number of aromatic nitrogens is 2. The maximum Gasteiger partial charge on any atom is 0.129 e. The molecule has 3 aliphatic heterocycles. The van der Waals surface area contributed by atoms with E-state index < -0.39 is 0 Å². The number of nitrogens with zero attached hydrogens (tertiary/aromatic N) is 3.